The minimum Gasteiger partial charge on any atom is -0.179 e. The van der Waals surface area contributed by atoms with Crippen LogP contribution in [0.3, 0.4) is 0 Å². The van der Waals surface area contributed by atoms with Crippen molar-refractivity contribution in [2.75, 3.05) is 0 Å². The van der Waals surface area contributed by atoms with Crippen LogP contribution in [0.2, 0.25) is 0 Å². The van der Waals surface area contributed by atoms with Gasteiger partial charge in [0.2, 0.25) is 0 Å². The molecule has 0 saturated carbocycles. The summed E-state index contributed by atoms with van der Waals surface area (Å²) in [5.74, 6) is 0.0378. The number of hydrogen-bond acceptors (Lipinski definition) is 1. The maximum absolute atomic E-state index is 11.8. The van der Waals surface area contributed by atoms with Crippen LogP contribution in [0.15, 0.2) is 12.4 Å². The molecule has 0 spiro atoms. The molecule has 0 bridgehead atoms. The van der Waals surface area contributed by atoms with Crippen LogP contribution < -0.4 is 0 Å². The second-order valence-corrected chi connectivity index (χ2v) is 2.16. The van der Waals surface area contributed by atoms with E-state index >= 15 is 0 Å². The Morgan fingerprint density at radius 2 is 2.18 bits per heavy atom. The molecule has 0 aliphatic rings. The van der Waals surface area contributed by atoms with E-state index < -0.39 is 6.30 Å². The van der Waals surface area contributed by atoms with Gasteiger partial charge in [-0.3, -0.25) is 0 Å². The fraction of sp³-hybridized carbons (Fsp3) is 0.400. The zero-order chi connectivity index (χ0) is 8.48. The SMILES string of the molecule is FC(F)(F)n1cc(CCl)cn1. The van der Waals surface area contributed by atoms with Crippen LogP contribution in [-0.2, 0) is 12.2 Å². The second kappa shape index (κ2) is 2.73. The number of hydrogen-bond donors (Lipinski definition) is 0. The molecule has 62 valence electrons. The molecule has 2 nitrogen and oxygen atoms in total. The molecule has 0 saturated heterocycles. The minimum absolute atomic E-state index is 0.0378. The van der Waals surface area contributed by atoms with E-state index in [4.69, 9.17) is 11.6 Å². The third kappa shape index (κ3) is 1.86. The number of aromatic nitrogens is 2. The Hall–Kier alpha value is -0.710. The van der Waals surface area contributed by atoms with Crippen LogP contribution in [0, 0.1) is 0 Å². The summed E-state index contributed by atoms with van der Waals surface area (Å²) >= 11 is 5.27. The monoisotopic (exact) mass is 184 g/mol. The number of alkyl halides is 4. The molecule has 0 fully saturated rings. The van der Waals surface area contributed by atoms with Crippen molar-refractivity contribution in [1.29, 1.82) is 0 Å². The molecule has 1 aromatic heterocycles. The van der Waals surface area contributed by atoms with Gasteiger partial charge in [-0.1, -0.05) is 0 Å². The van der Waals surface area contributed by atoms with Gasteiger partial charge in [0.25, 0.3) is 0 Å². The van der Waals surface area contributed by atoms with E-state index in [1.54, 1.807) is 0 Å². The number of nitrogens with zero attached hydrogens (tertiary/aromatic N) is 2. The molecule has 0 aliphatic heterocycles. The van der Waals surface area contributed by atoms with Gasteiger partial charge in [0.05, 0.1) is 12.1 Å². The van der Waals surface area contributed by atoms with Crippen molar-refractivity contribution < 1.29 is 13.2 Å². The number of halogens is 4. The fourth-order valence-corrected chi connectivity index (χ4v) is 0.706. The molecule has 0 aromatic carbocycles. The zero-order valence-electron chi connectivity index (χ0n) is 5.27. The van der Waals surface area contributed by atoms with Crippen molar-refractivity contribution in [3.8, 4) is 0 Å². The maximum atomic E-state index is 11.8. The Morgan fingerprint density at radius 1 is 1.55 bits per heavy atom. The van der Waals surface area contributed by atoms with Gasteiger partial charge in [-0.2, -0.15) is 9.78 Å². The third-order valence-electron chi connectivity index (χ3n) is 1.05. The summed E-state index contributed by atoms with van der Waals surface area (Å²) in [6.45, 7) is 0. The Morgan fingerprint density at radius 3 is 2.45 bits per heavy atom. The molecule has 0 amide bonds. The summed E-state index contributed by atoms with van der Waals surface area (Å²) < 4.78 is 35.3. The van der Waals surface area contributed by atoms with Gasteiger partial charge in [0.15, 0.2) is 0 Å². The van der Waals surface area contributed by atoms with Crippen molar-refractivity contribution in [1.82, 2.24) is 9.78 Å². The number of rotatable bonds is 1. The predicted molar refractivity (Wildman–Crippen MR) is 33.1 cm³/mol. The lowest BCUT2D eigenvalue weighted by molar-refractivity contribution is -0.212. The highest BCUT2D eigenvalue weighted by Crippen LogP contribution is 2.21. The standard InChI is InChI=1S/C5H4ClF3N2/c6-1-4-2-10-11(3-4)5(7,8)9/h2-3H,1H2. The summed E-state index contributed by atoms with van der Waals surface area (Å²) in [4.78, 5) is 0. The van der Waals surface area contributed by atoms with E-state index in [1.165, 1.54) is 0 Å². The predicted octanol–water partition coefficient (Wildman–Crippen LogP) is 2.10. The molecule has 1 rings (SSSR count). The van der Waals surface area contributed by atoms with Crippen LogP contribution >= 0.6 is 11.6 Å². The first-order valence-electron chi connectivity index (χ1n) is 2.71. The highest BCUT2D eigenvalue weighted by molar-refractivity contribution is 6.17. The summed E-state index contributed by atoms with van der Waals surface area (Å²) in [5.41, 5.74) is 0.351. The van der Waals surface area contributed by atoms with Crippen LogP contribution in [0.5, 0.6) is 0 Å². The van der Waals surface area contributed by atoms with Crippen LogP contribution in [0.25, 0.3) is 0 Å². The van der Waals surface area contributed by atoms with Gasteiger partial charge in [-0.05, 0) is 0 Å². The molecular weight excluding hydrogens is 181 g/mol. The lowest BCUT2D eigenvalue weighted by Gasteiger charge is -2.03. The van der Waals surface area contributed by atoms with Gasteiger partial charge in [0.1, 0.15) is 0 Å². The molecule has 0 N–H and O–H groups in total. The molecular formula is C5H4ClF3N2. The third-order valence-corrected chi connectivity index (χ3v) is 1.36. The lowest BCUT2D eigenvalue weighted by Crippen LogP contribution is -2.16. The Kier molecular flexibility index (Phi) is 2.08. The van der Waals surface area contributed by atoms with E-state index in [9.17, 15) is 13.2 Å². The molecule has 11 heavy (non-hydrogen) atoms. The quantitative estimate of drug-likeness (QED) is 0.611. The Bertz CT molecular complexity index is 242. The van der Waals surface area contributed by atoms with E-state index in [-0.39, 0.29) is 10.6 Å². The summed E-state index contributed by atoms with van der Waals surface area (Å²) in [6, 6.07) is 0. The van der Waals surface area contributed by atoms with E-state index in [0.29, 0.717) is 5.56 Å². The maximum Gasteiger partial charge on any atom is 0.504 e. The Balaban J connectivity index is 2.89. The van der Waals surface area contributed by atoms with E-state index in [0.717, 1.165) is 12.4 Å². The lowest BCUT2D eigenvalue weighted by atomic mass is 10.4. The van der Waals surface area contributed by atoms with Gasteiger partial charge >= 0.3 is 6.30 Å². The topological polar surface area (TPSA) is 17.8 Å². The molecule has 0 unspecified atom stereocenters. The molecule has 0 radical (unpaired) electrons. The van der Waals surface area contributed by atoms with Crippen molar-refractivity contribution in [2.24, 2.45) is 0 Å². The first kappa shape index (κ1) is 8.39. The summed E-state index contributed by atoms with van der Waals surface area (Å²) in [6.07, 6.45) is -2.50. The molecule has 6 heteroatoms. The molecule has 1 aromatic rings. The Labute approximate surface area is 65.6 Å². The summed E-state index contributed by atoms with van der Waals surface area (Å²) in [7, 11) is 0. The average molecular weight is 185 g/mol. The fourth-order valence-electron chi connectivity index (χ4n) is 0.568. The second-order valence-electron chi connectivity index (χ2n) is 1.89. The minimum atomic E-state index is -4.44. The zero-order valence-corrected chi connectivity index (χ0v) is 6.02. The van der Waals surface area contributed by atoms with Crippen molar-refractivity contribution >= 4 is 11.6 Å². The first-order valence-corrected chi connectivity index (χ1v) is 3.24. The molecule has 0 aliphatic carbocycles. The summed E-state index contributed by atoms with van der Waals surface area (Å²) in [5, 5.41) is 3.07. The molecule has 1 heterocycles. The largest absolute Gasteiger partial charge is 0.504 e. The normalized spacial score (nSPS) is 12.0. The van der Waals surface area contributed by atoms with Gasteiger partial charge in [-0.15, -0.1) is 24.8 Å². The smallest absolute Gasteiger partial charge is 0.179 e. The molecule has 0 atom stereocenters. The van der Waals surface area contributed by atoms with Crippen LogP contribution in [0.4, 0.5) is 13.2 Å². The van der Waals surface area contributed by atoms with Crippen molar-refractivity contribution in [3.63, 3.8) is 0 Å². The van der Waals surface area contributed by atoms with Crippen molar-refractivity contribution in [3.05, 3.63) is 18.0 Å². The average Bonchev–Trinajstić information content (AvgIpc) is 2.32. The van der Waals surface area contributed by atoms with Gasteiger partial charge in [0, 0.05) is 11.8 Å². The van der Waals surface area contributed by atoms with Crippen LogP contribution in [0.1, 0.15) is 5.56 Å². The van der Waals surface area contributed by atoms with Crippen molar-refractivity contribution in [2.45, 2.75) is 12.2 Å². The van der Waals surface area contributed by atoms with E-state index in [1.807, 2.05) is 0 Å². The van der Waals surface area contributed by atoms with Gasteiger partial charge < -0.3 is 0 Å². The highest BCUT2D eigenvalue weighted by Gasteiger charge is 2.31. The van der Waals surface area contributed by atoms with Gasteiger partial charge in [-0.25, -0.2) is 0 Å². The van der Waals surface area contributed by atoms with Crippen LogP contribution in [-0.4, -0.2) is 9.78 Å². The van der Waals surface area contributed by atoms with E-state index in [2.05, 4.69) is 5.10 Å². The highest BCUT2D eigenvalue weighted by atomic mass is 35.5. The first-order chi connectivity index (χ1) is 5.04.